The topological polar surface area (TPSA) is 78.6 Å². The monoisotopic (exact) mass is 279 g/mol. The van der Waals surface area contributed by atoms with Gasteiger partial charge in [0.2, 0.25) is 0 Å². The van der Waals surface area contributed by atoms with Crippen LogP contribution in [0.5, 0.6) is 0 Å². The smallest absolute Gasteiger partial charge is 0.292 e. The number of anilines is 1. The summed E-state index contributed by atoms with van der Waals surface area (Å²) >= 11 is 0. The number of aliphatic hydroxyl groups excluding tert-OH is 1. The Labute approximate surface area is 118 Å². The summed E-state index contributed by atoms with van der Waals surface area (Å²) in [6, 6.07) is 5.18. The molecule has 0 amide bonds. The molecule has 2 rings (SSSR count). The van der Waals surface area contributed by atoms with E-state index in [1.165, 1.54) is 0 Å². The molecule has 1 aliphatic heterocycles. The quantitative estimate of drug-likeness (QED) is 0.636. The third-order valence-electron chi connectivity index (χ3n) is 3.51. The summed E-state index contributed by atoms with van der Waals surface area (Å²) in [6.45, 7) is 4.91. The molecule has 1 unspecified atom stereocenters. The summed E-state index contributed by atoms with van der Waals surface area (Å²) in [7, 11) is 0. The Morgan fingerprint density at radius 3 is 3.00 bits per heavy atom. The second-order valence-electron chi connectivity index (χ2n) is 5.17. The predicted molar refractivity (Wildman–Crippen MR) is 77.8 cm³/mol. The highest BCUT2D eigenvalue weighted by atomic mass is 16.6. The van der Waals surface area contributed by atoms with Crippen LogP contribution >= 0.6 is 0 Å². The van der Waals surface area contributed by atoms with Gasteiger partial charge in [0.05, 0.1) is 11.0 Å². The van der Waals surface area contributed by atoms with Crippen molar-refractivity contribution in [2.45, 2.75) is 32.4 Å². The van der Waals surface area contributed by atoms with Crippen molar-refractivity contribution in [2.24, 2.45) is 0 Å². The van der Waals surface area contributed by atoms with E-state index in [1.807, 2.05) is 13.0 Å². The van der Waals surface area contributed by atoms with E-state index in [0.29, 0.717) is 25.3 Å². The molecule has 0 spiro atoms. The van der Waals surface area contributed by atoms with E-state index in [9.17, 15) is 15.2 Å². The molecule has 0 aromatic heterocycles. The van der Waals surface area contributed by atoms with Crippen molar-refractivity contribution >= 4 is 11.4 Å². The van der Waals surface area contributed by atoms with Crippen molar-refractivity contribution in [2.75, 3.05) is 25.0 Å². The van der Waals surface area contributed by atoms with Gasteiger partial charge in [0.1, 0.15) is 5.69 Å². The van der Waals surface area contributed by atoms with Gasteiger partial charge in [-0.05, 0) is 37.9 Å². The van der Waals surface area contributed by atoms with Gasteiger partial charge in [0.15, 0.2) is 0 Å². The minimum absolute atomic E-state index is 0.106. The molecule has 0 radical (unpaired) electrons. The number of nitro groups is 1. The van der Waals surface area contributed by atoms with Crippen molar-refractivity contribution in [3.05, 3.63) is 33.9 Å². The molecule has 2 N–H and O–H groups in total. The SMILES string of the molecule is CCNc1cc(CN2CCCC(O)C2)ccc1[N+](=O)[O-]. The van der Waals surface area contributed by atoms with Gasteiger partial charge in [-0.15, -0.1) is 0 Å². The predicted octanol–water partition coefficient (Wildman–Crippen LogP) is 1.98. The zero-order valence-corrected chi connectivity index (χ0v) is 11.7. The van der Waals surface area contributed by atoms with Gasteiger partial charge in [-0.1, -0.05) is 6.07 Å². The zero-order valence-electron chi connectivity index (χ0n) is 11.7. The number of piperidine rings is 1. The number of likely N-dealkylation sites (tertiary alicyclic amines) is 1. The van der Waals surface area contributed by atoms with Crippen LogP contribution in [0.15, 0.2) is 18.2 Å². The van der Waals surface area contributed by atoms with E-state index < -0.39 is 0 Å². The van der Waals surface area contributed by atoms with Crippen molar-refractivity contribution in [3.63, 3.8) is 0 Å². The number of β-amino-alcohol motifs (C(OH)–C–C–N with tert-alkyl or cyclic N) is 1. The third-order valence-corrected chi connectivity index (χ3v) is 3.51. The van der Waals surface area contributed by atoms with Crippen LogP contribution in [-0.4, -0.2) is 40.7 Å². The molecule has 6 nitrogen and oxygen atoms in total. The highest BCUT2D eigenvalue weighted by molar-refractivity contribution is 5.62. The Balaban J connectivity index is 2.11. The molecule has 6 heteroatoms. The first-order valence-electron chi connectivity index (χ1n) is 7.01. The Bertz CT molecular complexity index is 479. The Morgan fingerprint density at radius 2 is 2.35 bits per heavy atom. The van der Waals surface area contributed by atoms with E-state index in [0.717, 1.165) is 24.9 Å². The summed E-state index contributed by atoms with van der Waals surface area (Å²) in [6.07, 6.45) is 1.60. The summed E-state index contributed by atoms with van der Waals surface area (Å²) in [5.41, 5.74) is 1.70. The number of rotatable bonds is 5. The largest absolute Gasteiger partial charge is 0.392 e. The van der Waals surface area contributed by atoms with E-state index in [2.05, 4.69) is 10.2 Å². The molecule has 0 bridgehead atoms. The maximum Gasteiger partial charge on any atom is 0.292 e. The van der Waals surface area contributed by atoms with Crippen LogP contribution in [0.2, 0.25) is 0 Å². The highest BCUT2D eigenvalue weighted by Gasteiger charge is 2.19. The maximum absolute atomic E-state index is 11.0. The average molecular weight is 279 g/mol. The Hall–Kier alpha value is -1.66. The average Bonchev–Trinajstić information content (AvgIpc) is 2.39. The number of hydrogen-bond acceptors (Lipinski definition) is 5. The lowest BCUT2D eigenvalue weighted by molar-refractivity contribution is -0.384. The molecular formula is C14H21N3O3. The molecule has 1 aromatic rings. The number of benzene rings is 1. The van der Waals surface area contributed by atoms with Crippen LogP contribution in [-0.2, 0) is 6.54 Å². The van der Waals surface area contributed by atoms with Crippen LogP contribution < -0.4 is 5.32 Å². The van der Waals surface area contributed by atoms with Gasteiger partial charge in [-0.2, -0.15) is 0 Å². The van der Waals surface area contributed by atoms with Crippen LogP contribution in [0.25, 0.3) is 0 Å². The fourth-order valence-electron chi connectivity index (χ4n) is 2.61. The van der Waals surface area contributed by atoms with Crippen molar-refractivity contribution in [3.8, 4) is 0 Å². The molecule has 20 heavy (non-hydrogen) atoms. The molecule has 1 fully saturated rings. The normalized spacial score (nSPS) is 19.8. The van der Waals surface area contributed by atoms with Crippen molar-refractivity contribution < 1.29 is 10.0 Å². The summed E-state index contributed by atoms with van der Waals surface area (Å²) in [4.78, 5) is 12.8. The number of nitro benzene ring substituents is 1. The number of nitrogens with zero attached hydrogens (tertiary/aromatic N) is 2. The minimum Gasteiger partial charge on any atom is -0.392 e. The fraction of sp³-hybridized carbons (Fsp3) is 0.571. The highest BCUT2D eigenvalue weighted by Crippen LogP contribution is 2.26. The van der Waals surface area contributed by atoms with Crippen molar-refractivity contribution in [1.82, 2.24) is 4.90 Å². The first-order valence-corrected chi connectivity index (χ1v) is 7.01. The summed E-state index contributed by atoms with van der Waals surface area (Å²) in [5, 5.41) is 23.7. The van der Waals surface area contributed by atoms with Crippen LogP contribution in [0.3, 0.4) is 0 Å². The molecule has 1 atom stereocenters. The second-order valence-corrected chi connectivity index (χ2v) is 5.17. The van der Waals surface area contributed by atoms with Crippen molar-refractivity contribution in [1.29, 1.82) is 0 Å². The lowest BCUT2D eigenvalue weighted by Crippen LogP contribution is -2.37. The van der Waals surface area contributed by atoms with Gasteiger partial charge in [-0.25, -0.2) is 0 Å². The first kappa shape index (κ1) is 14.7. The Kier molecular flexibility index (Phi) is 4.92. The zero-order chi connectivity index (χ0) is 14.5. The van der Waals surface area contributed by atoms with E-state index in [1.54, 1.807) is 12.1 Å². The van der Waals surface area contributed by atoms with Gasteiger partial charge in [0, 0.05) is 25.7 Å². The van der Waals surface area contributed by atoms with Crippen LogP contribution in [0.4, 0.5) is 11.4 Å². The van der Waals surface area contributed by atoms with E-state index >= 15 is 0 Å². The molecular weight excluding hydrogens is 258 g/mol. The third kappa shape index (κ3) is 3.68. The fourth-order valence-corrected chi connectivity index (χ4v) is 2.61. The van der Waals surface area contributed by atoms with E-state index in [-0.39, 0.29) is 16.7 Å². The molecule has 1 heterocycles. The van der Waals surface area contributed by atoms with Gasteiger partial charge in [0.25, 0.3) is 5.69 Å². The number of aliphatic hydroxyl groups is 1. The standard InChI is InChI=1S/C14H21N3O3/c1-2-15-13-8-11(5-6-14(13)17(19)20)9-16-7-3-4-12(18)10-16/h5-6,8,12,15,18H,2-4,7,9-10H2,1H3. The first-order chi connectivity index (χ1) is 9.60. The number of nitrogens with one attached hydrogen (secondary N) is 1. The van der Waals surface area contributed by atoms with Crippen LogP contribution in [0.1, 0.15) is 25.3 Å². The lowest BCUT2D eigenvalue weighted by atomic mass is 10.1. The molecule has 1 saturated heterocycles. The molecule has 0 saturated carbocycles. The molecule has 1 aliphatic rings. The van der Waals surface area contributed by atoms with Gasteiger partial charge in [-0.3, -0.25) is 15.0 Å². The van der Waals surface area contributed by atoms with Crippen LogP contribution in [0, 0.1) is 10.1 Å². The Morgan fingerprint density at radius 1 is 1.55 bits per heavy atom. The summed E-state index contributed by atoms with van der Waals surface area (Å²) < 4.78 is 0. The number of hydrogen-bond donors (Lipinski definition) is 2. The molecule has 110 valence electrons. The van der Waals surface area contributed by atoms with Gasteiger partial charge < -0.3 is 10.4 Å². The summed E-state index contributed by atoms with van der Waals surface area (Å²) in [5.74, 6) is 0. The molecule has 1 aromatic carbocycles. The minimum atomic E-state index is -0.369. The maximum atomic E-state index is 11.0. The van der Waals surface area contributed by atoms with Gasteiger partial charge >= 0.3 is 0 Å². The lowest BCUT2D eigenvalue weighted by Gasteiger charge is -2.30. The molecule has 0 aliphatic carbocycles. The second kappa shape index (κ2) is 6.67. The van der Waals surface area contributed by atoms with E-state index in [4.69, 9.17) is 0 Å².